The van der Waals surface area contributed by atoms with Crippen LogP contribution >= 0.6 is 7.26 Å². The zero-order valence-electron chi connectivity index (χ0n) is 17.9. The van der Waals surface area contributed by atoms with E-state index in [1.807, 2.05) is 0 Å². The Labute approximate surface area is 196 Å². The molecule has 4 rings (SSSR count). The van der Waals surface area contributed by atoms with E-state index in [-0.39, 0.29) is 0 Å². The summed E-state index contributed by atoms with van der Waals surface area (Å²) in [5.74, 6) is 0.895. The van der Waals surface area contributed by atoms with E-state index in [1.165, 1.54) is 21.5 Å². The van der Waals surface area contributed by atoms with Crippen molar-refractivity contribution in [3.05, 3.63) is 121 Å². The molecule has 33 heavy (non-hydrogen) atoms. The topological polar surface area (TPSA) is 9.23 Å². The van der Waals surface area contributed by atoms with E-state index in [0.29, 0.717) is 0 Å². The second-order valence-electron chi connectivity index (χ2n) is 7.13. The standard InChI is InChI=1S/C26H24OP.4FH.Fe/c1-27-23-19-17-22(18-20-23)21-28(24-11-5-2-6-12-24,25-13-7-3-8-14-25)26-15-9-4-10-16-26;;;;;/h2-20H,21H2,1H3;4*1H;/q+1;;;;;+3/p-4. The molecule has 0 aliphatic heterocycles. The zero-order chi connectivity index (χ0) is 23.7. The molecular weight excluding hydrogens is 491 g/mol. The molecule has 4 aromatic carbocycles. The summed E-state index contributed by atoms with van der Waals surface area (Å²) >= 11 is -6.50. The minimum absolute atomic E-state index is 0.895. The quantitative estimate of drug-likeness (QED) is 0.155. The summed E-state index contributed by atoms with van der Waals surface area (Å²) in [4.78, 5) is 0. The van der Waals surface area contributed by atoms with E-state index in [1.54, 1.807) is 7.11 Å². The third kappa shape index (κ3) is 6.91. The number of halogens is 4. The van der Waals surface area contributed by atoms with Crippen molar-refractivity contribution in [3.63, 3.8) is 0 Å². The monoisotopic (exact) mass is 515 g/mol. The van der Waals surface area contributed by atoms with Gasteiger partial charge in [0.05, 0.1) is 13.3 Å². The van der Waals surface area contributed by atoms with Gasteiger partial charge in [-0.15, -0.1) is 0 Å². The summed E-state index contributed by atoms with van der Waals surface area (Å²) in [6.07, 6.45) is 0.981. The van der Waals surface area contributed by atoms with Gasteiger partial charge in [0.15, 0.2) is 0 Å². The van der Waals surface area contributed by atoms with Crippen molar-refractivity contribution in [2.75, 3.05) is 7.11 Å². The minimum atomic E-state index is -6.50. The molecule has 0 spiro atoms. The van der Waals surface area contributed by atoms with Crippen molar-refractivity contribution in [3.8, 4) is 5.75 Å². The first-order valence-corrected chi connectivity index (χ1v) is 13.7. The molecule has 0 saturated carbocycles. The Kier molecular flexibility index (Phi) is 8.68. The molecule has 0 bridgehead atoms. The van der Waals surface area contributed by atoms with Gasteiger partial charge in [0.25, 0.3) is 0 Å². The van der Waals surface area contributed by atoms with Crippen molar-refractivity contribution in [2.45, 2.75) is 6.16 Å². The molecule has 0 radical (unpaired) electrons. The van der Waals surface area contributed by atoms with Gasteiger partial charge in [-0.1, -0.05) is 66.7 Å². The molecule has 4 aromatic rings. The van der Waals surface area contributed by atoms with E-state index in [0.717, 1.165) is 11.9 Å². The summed E-state index contributed by atoms with van der Waals surface area (Å²) in [5, 5.41) is 4.22. The number of rotatable bonds is 6. The zero-order valence-corrected chi connectivity index (χ0v) is 19.9. The maximum atomic E-state index is 9.81. The number of hydrogen-bond acceptors (Lipinski definition) is 1. The third-order valence-electron chi connectivity index (χ3n) is 5.17. The van der Waals surface area contributed by atoms with Crippen LogP contribution in [0.2, 0.25) is 0 Å². The third-order valence-corrected chi connectivity index (χ3v) is 9.55. The van der Waals surface area contributed by atoms with Crippen LogP contribution in [0.25, 0.3) is 0 Å². The normalized spacial score (nSPS) is 11.8. The molecule has 0 fully saturated rings. The number of hydrogen-bond donors (Lipinski definition) is 0. The van der Waals surface area contributed by atoms with Crippen LogP contribution in [0.3, 0.4) is 0 Å². The van der Waals surface area contributed by atoms with Crippen LogP contribution in [0.5, 0.6) is 5.75 Å². The summed E-state index contributed by atoms with van der Waals surface area (Å²) in [5.41, 5.74) is 1.32. The van der Waals surface area contributed by atoms with E-state index in [4.69, 9.17) is 4.74 Å². The van der Waals surface area contributed by atoms with Gasteiger partial charge in [0.2, 0.25) is 0 Å². The Balaban J connectivity index is 0.000000555. The Morgan fingerprint density at radius 1 is 0.576 bits per heavy atom. The second kappa shape index (κ2) is 11.5. The Morgan fingerprint density at radius 2 is 0.909 bits per heavy atom. The molecular formula is C26H24F4FeOP. The van der Waals surface area contributed by atoms with Crippen LogP contribution in [-0.2, 0) is 20.8 Å². The van der Waals surface area contributed by atoms with Crippen molar-refractivity contribution in [1.29, 1.82) is 0 Å². The van der Waals surface area contributed by atoms with Gasteiger partial charge in [0, 0.05) is 0 Å². The average Bonchev–Trinajstić information content (AvgIpc) is 2.83. The molecule has 0 saturated heterocycles. The summed E-state index contributed by atoms with van der Waals surface area (Å²) in [6.45, 7) is 0. The van der Waals surface area contributed by atoms with Crippen LogP contribution in [0, 0.1) is 0 Å². The molecule has 1 nitrogen and oxygen atoms in total. The first-order chi connectivity index (χ1) is 15.8. The Bertz CT molecular complexity index is 1000. The fourth-order valence-corrected chi connectivity index (χ4v) is 8.02. The van der Waals surface area contributed by atoms with Gasteiger partial charge in [-0.3, -0.25) is 0 Å². The molecule has 0 aliphatic carbocycles. The molecule has 0 amide bonds. The summed E-state index contributed by atoms with van der Waals surface area (Å²) < 4.78 is 44.6. The molecule has 175 valence electrons. The van der Waals surface area contributed by atoms with Crippen LogP contribution in [0.4, 0.5) is 14.2 Å². The predicted octanol–water partition coefficient (Wildman–Crippen LogP) is 6.87. The second-order valence-corrected chi connectivity index (χ2v) is 11.6. The van der Waals surface area contributed by atoms with E-state index in [2.05, 4.69) is 115 Å². The van der Waals surface area contributed by atoms with Gasteiger partial charge < -0.3 is 4.74 Å². The van der Waals surface area contributed by atoms with E-state index >= 15 is 0 Å². The molecule has 0 unspecified atom stereocenters. The fourth-order valence-electron chi connectivity index (χ4n) is 3.77. The molecule has 0 aliphatic rings. The predicted molar refractivity (Wildman–Crippen MR) is 126 cm³/mol. The number of ether oxygens (including phenoxy) is 1. The average molecular weight is 515 g/mol. The maximum absolute atomic E-state index is 9.81. The van der Waals surface area contributed by atoms with Crippen molar-refractivity contribution >= 4 is 23.2 Å². The van der Waals surface area contributed by atoms with E-state index < -0.39 is 21.9 Å². The molecule has 0 heterocycles. The number of methoxy groups -OCH3 is 1. The molecule has 0 aromatic heterocycles. The van der Waals surface area contributed by atoms with Gasteiger partial charge in [0.1, 0.15) is 28.9 Å². The van der Waals surface area contributed by atoms with Crippen LogP contribution < -0.4 is 20.7 Å². The van der Waals surface area contributed by atoms with Crippen LogP contribution in [-0.4, -0.2) is 7.11 Å². The molecule has 0 N–H and O–H groups in total. The SMILES string of the molecule is COc1ccc(C[P+](c2ccccc2)(c2ccccc2)c2ccccc2)cc1.[F][Fe-]([F])([F])[F]. The van der Waals surface area contributed by atoms with Gasteiger partial charge in [-0.05, 0) is 54.1 Å². The van der Waals surface area contributed by atoms with Crippen LogP contribution in [0.1, 0.15) is 5.56 Å². The van der Waals surface area contributed by atoms with Crippen molar-refractivity contribution in [2.24, 2.45) is 0 Å². The first-order valence-electron chi connectivity index (χ1n) is 10.0. The first kappa shape index (κ1) is 25.0. The summed E-state index contributed by atoms with van der Waals surface area (Å²) in [7, 11) is -0.127. The Morgan fingerprint density at radius 3 is 1.21 bits per heavy atom. The van der Waals surface area contributed by atoms with Gasteiger partial charge in [-0.25, -0.2) is 0 Å². The van der Waals surface area contributed by atoms with Crippen molar-refractivity contribution in [1.82, 2.24) is 0 Å². The van der Waals surface area contributed by atoms with Gasteiger partial charge >= 0.3 is 28.9 Å². The molecule has 7 heteroatoms. The van der Waals surface area contributed by atoms with Crippen LogP contribution in [0.15, 0.2) is 115 Å². The Hall–Kier alpha value is -2.65. The summed E-state index contributed by atoms with van der Waals surface area (Å²) in [6, 6.07) is 41.5. The number of benzene rings is 4. The van der Waals surface area contributed by atoms with Gasteiger partial charge in [-0.2, -0.15) is 0 Å². The molecule has 0 atom stereocenters. The fraction of sp³-hybridized carbons (Fsp3) is 0.0769. The van der Waals surface area contributed by atoms with E-state index in [9.17, 15) is 14.2 Å². The van der Waals surface area contributed by atoms with Crippen molar-refractivity contribution < 1.29 is 33.6 Å².